The van der Waals surface area contributed by atoms with E-state index >= 15 is 0 Å². The Morgan fingerprint density at radius 1 is 1.18 bits per heavy atom. The van der Waals surface area contributed by atoms with Crippen molar-refractivity contribution in [2.75, 3.05) is 19.6 Å². The van der Waals surface area contributed by atoms with Gasteiger partial charge in [0.2, 0.25) is 17.7 Å². The molecule has 1 aromatic carbocycles. The van der Waals surface area contributed by atoms with Crippen molar-refractivity contribution in [1.29, 1.82) is 0 Å². The van der Waals surface area contributed by atoms with Crippen LogP contribution in [0.25, 0.3) is 0 Å². The Morgan fingerprint density at radius 3 is 2.26 bits per heavy atom. The van der Waals surface area contributed by atoms with E-state index in [4.69, 9.17) is 0 Å². The molecular weight excluding hydrogens is 434 g/mol. The van der Waals surface area contributed by atoms with Crippen molar-refractivity contribution in [3.63, 3.8) is 0 Å². The molecule has 8 heteroatoms. The highest BCUT2D eigenvalue weighted by atomic mass is 16.4. The molecule has 1 aromatic rings. The summed E-state index contributed by atoms with van der Waals surface area (Å²) < 4.78 is 0. The smallest absolute Gasteiger partial charge is 0.329 e. The molecule has 0 bridgehead atoms. The average molecular weight is 472 g/mol. The molecule has 2 fully saturated rings. The van der Waals surface area contributed by atoms with Gasteiger partial charge < -0.3 is 20.2 Å². The molecule has 3 amide bonds. The van der Waals surface area contributed by atoms with E-state index in [1.165, 1.54) is 21.4 Å². The fourth-order valence-corrected chi connectivity index (χ4v) is 4.44. The number of carboxylic acid groups (broad SMARTS) is 1. The average Bonchev–Trinajstić information content (AvgIpc) is 3.26. The molecule has 1 aliphatic carbocycles. The molecule has 0 aromatic heterocycles. The highest BCUT2D eigenvalue weighted by Crippen LogP contribution is 2.30. The van der Waals surface area contributed by atoms with Crippen LogP contribution < -0.4 is 5.32 Å². The molecule has 1 atom stereocenters. The lowest BCUT2D eigenvalue weighted by atomic mass is 9.97. The fourth-order valence-electron chi connectivity index (χ4n) is 4.44. The second-order valence-electron chi connectivity index (χ2n) is 9.44. The van der Waals surface area contributed by atoms with Gasteiger partial charge in [-0.15, -0.1) is 0 Å². The van der Waals surface area contributed by atoms with E-state index in [0.717, 1.165) is 12.8 Å². The Morgan fingerprint density at radius 2 is 1.79 bits per heavy atom. The van der Waals surface area contributed by atoms with Crippen molar-refractivity contribution in [2.45, 2.75) is 64.5 Å². The van der Waals surface area contributed by atoms with Gasteiger partial charge in [-0.25, -0.2) is 4.79 Å². The molecule has 1 unspecified atom stereocenters. The van der Waals surface area contributed by atoms with Gasteiger partial charge in [0.1, 0.15) is 11.6 Å². The first-order chi connectivity index (χ1) is 16.1. The maximum atomic E-state index is 12.9. The minimum Gasteiger partial charge on any atom is -0.480 e. The number of piperazine rings is 1. The molecule has 186 valence electrons. The SMILES string of the molecule is C=CC(=O)N1CCN(CC(=O)NC2(C(=O)O)CCCC2)C(=O)C1CC(C)C.Cc1ccccc1. The van der Waals surface area contributed by atoms with Gasteiger partial charge in [0.15, 0.2) is 0 Å². The topological polar surface area (TPSA) is 107 Å². The van der Waals surface area contributed by atoms with Crippen LogP contribution in [0.4, 0.5) is 0 Å². The molecule has 2 N–H and O–H groups in total. The van der Waals surface area contributed by atoms with Gasteiger partial charge in [-0.3, -0.25) is 14.4 Å². The number of hydrogen-bond acceptors (Lipinski definition) is 4. The maximum Gasteiger partial charge on any atom is 0.329 e. The lowest BCUT2D eigenvalue weighted by molar-refractivity contribution is -0.153. The summed E-state index contributed by atoms with van der Waals surface area (Å²) in [6.45, 7) is 9.87. The van der Waals surface area contributed by atoms with Crippen molar-refractivity contribution in [3.05, 3.63) is 48.6 Å². The van der Waals surface area contributed by atoms with E-state index in [1.54, 1.807) is 0 Å². The largest absolute Gasteiger partial charge is 0.480 e. The summed E-state index contributed by atoms with van der Waals surface area (Å²) >= 11 is 0. The van der Waals surface area contributed by atoms with Crippen LogP contribution in [0, 0.1) is 12.8 Å². The van der Waals surface area contributed by atoms with Gasteiger partial charge in [0.05, 0.1) is 6.54 Å². The number of aliphatic carboxylic acids is 1. The van der Waals surface area contributed by atoms with Crippen LogP contribution in [0.3, 0.4) is 0 Å². The fraction of sp³-hybridized carbons (Fsp3) is 0.538. The highest BCUT2D eigenvalue weighted by molar-refractivity contribution is 5.95. The lowest BCUT2D eigenvalue weighted by Gasteiger charge is -2.41. The molecule has 2 aliphatic rings. The van der Waals surface area contributed by atoms with E-state index in [9.17, 15) is 24.3 Å². The predicted molar refractivity (Wildman–Crippen MR) is 130 cm³/mol. The van der Waals surface area contributed by atoms with Gasteiger partial charge in [-0.1, -0.05) is 69.2 Å². The summed E-state index contributed by atoms with van der Waals surface area (Å²) in [5, 5.41) is 12.1. The zero-order valence-electron chi connectivity index (χ0n) is 20.5. The zero-order valence-corrected chi connectivity index (χ0v) is 20.5. The summed E-state index contributed by atoms with van der Waals surface area (Å²) in [4.78, 5) is 51.9. The third kappa shape index (κ3) is 7.17. The zero-order chi connectivity index (χ0) is 25.3. The maximum absolute atomic E-state index is 12.9. The van der Waals surface area contributed by atoms with Crippen LogP contribution in [-0.4, -0.2) is 69.8 Å². The second-order valence-corrected chi connectivity index (χ2v) is 9.44. The molecule has 8 nitrogen and oxygen atoms in total. The number of amides is 3. The quantitative estimate of drug-likeness (QED) is 0.595. The van der Waals surface area contributed by atoms with Crippen LogP contribution in [0.5, 0.6) is 0 Å². The molecule has 1 heterocycles. The van der Waals surface area contributed by atoms with Crippen LogP contribution in [0.15, 0.2) is 43.0 Å². The number of carboxylic acids is 1. The van der Waals surface area contributed by atoms with Crippen LogP contribution in [0.1, 0.15) is 51.5 Å². The first kappa shape index (κ1) is 27.1. The molecule has 1 saturated heterocycles. The Balaban J connectivity index is 0.000000497. The normalized spacial score (nSPS) is 19.3. The molecule has 3 rings (SSSR count). The van der Waals surface area contributed by atoms with Gasteiger partial charge in [-0.05, 0) is 38.2 Å². The Kier molecular flexibility index (Phi) is 9.83. The molecular formula is C26H37N3O5. The number of aryl methyl sites for hydroxylation is 1. The number of rotatable bonds is 7. The van der Waals surface area contributed by atoms with E-state index in [2.05, 4.69) is 31.0 Å². The van der Waals surface area contributed by atoms with E-state index in [0.29, 0.717) is 25.8 Å². The number of nitrogens with one attached hydrogen (secondary N) is 1. The van der Waals surface area contributed by atoms with Crippen LogP contribution in [-0.2, 0) is 19.2 Å². The van der Waals surface area contributed by atoms with Crippen molar-refractivity contribution in [3.8, 4) is 0 Å². The second kappa shape index (κ2) is 12.3. The van der Waals surface area contributed by atoms with Gasteiger partial charge in [-0.2, -0.15) is 0 Å². The van der Waals surface area contributed by atoms with Gasteiger partial charge in [0, 0.05) is 13.1 Å². The number of carbonyl (C=O) groups excluding carboxylic acids is 3. The van der Waals surface area contributed by atoms with Crippen molar-refractivity contribution in [2.24, 2.45) is 5.92 Å². The number of benzene rings is 1. The van der Waals surface area contributed by atoms with E-state index in [-0.39, 0.29) is 30.8 Å². The molecule has 34 heavy (non-hydrogen) atoms. The summed E-state index contributed by atoms with van der Waals surface area (Å²) in [5.41, 5.74) is 0.0976. The standard InChI is InChI=1S/C19H29N3O5.C7H8/c1-4-16(24)22-10-9-21(17(25)14(22)11-13(2)3)12-15(23)20-19(18(26)27)7-5-6-8-19;1-7-5-3-2-4-6-7/h4,13-14H,1,5-12H2,2-3H3,(H,20,23)(H,26,27);2-6H,1H3. The lowest BCUT2D eigenvalue weighted by Crippen LogP contribution is -2.61. The molecule has 0 radical (unpaired) electrons. The van der Waals surface area contributed by atoms with Crippen LogP contribution >= 0.6 is 0 Å². The van der Waals surface area contributed by atoms with E-state index in [1.807, 2.05) is 32.0 Å². The minimum absolute atomic E-state index is 0.196. The number of carbonyl (C=O) groups is 4. The van der Waals surface area contributed by atoms with Gasteiger partial charge in [0.25, 0.3) is 0 Å². The summed E-state index contributed by atoms with van der Waals surface area (Å²) in [5.74, 6) is -1.88. The summed E-state index contributed by atoms with van der Waals surface area (Å²) in [7, 11) is 0. The minimum atomic E-state index is -1.22. The summed E-state index contributed by atoms with van der Waals surface area (Å²) in [6, 6.07) is 9.63. The van der Waals surface area contributed by atoms with Crippen LogP contribution in [0.2, 0.25) is 0 Å². The first-order valence-electron chi connectivity index (χ1n) is 11.9. The third-order valence-corrected chi connectivity index (χ3v) is 6.26. The third-order valence-electron chi connectivity index (χ3n) is 6.26. The summed E-state index contributed by atoms with van der Waals surface area (Å²) in [6.07, 6.45) is 4.00. The number of hydrogen-bond donors (Lipinski definition) is 2. The van der Waals surface area contributed by atoms with Crippen molar-refractivity contribution >= 4 is 23.7 Å². The van der Waals surface area contributed by atoms with E-state index < -0.39 is 23.5 Å². The monoisotopic (exact) mass is 471 g/mol. The molecule has 0 spiro atoms. The number of nitrogens with zero attached hydrogens (tertiary/aromatic N) is 2. The Labute approximate surface area is 202 Å². The molecule has 1 aliphatic heterocycles. The predicted octanol–water partition coefficient (Wildman–Crippen LogP) is 2.77. The van der Waals surface area contributed by atoms with Crippen molar-refractivity contribution < 1.29 is 24.3 Å². The first-order valence-corrected chi connectivity index (χ1v) is 11.9. The Bertz CT molecular complexity index is 878. The Hall–Kier alpha value is -3.16. The van der Waals surface area contributed by atoms with Crippen molar-refractivity contribution in [1.82, 2.24) is 15.1 Å². The van der Waals surface area contributed by atoms with Gasteiger partial charge >= 0.3 is 5.97 Å². The highest BCUT2D eigenvalue weighted by Gasteiger charge is 2.43. The molecule has 1 saturated carbocycles.